The number of rotatable bonds is 6. The summed E-state index contributed by atoms with van der Waals surface area (Å²) in [6.45, 7) is 2.26. The minimum atomic E-state index is -1.29. The van der Waals surface area contributed by atoms with E-state index in [0.29, 0.717) is 34.3 Å². The highest BCUT2D eigenvalue weighted by molar-refractivity contribution is 6.12. The monoisotopic (exact) mass is 510 g/mol. The molecule has 0 fully saturated rings. The molecule has 6 rings (SSSR count). The lowest BCUT2D eigenvalue weighted by Crippen LogP contribution is -2.64. The number of amides is 2. The van der Waals surface area contributed by atoms with E-state index in [9.17, 15) is 9.59 Å². The van der Waals surface area contributed by atoms with Crippen molar-refractivity contribution in [1.29, 1.82) is 0 Å². The summed E-state index contributed by atoms with van der Waals surface area (Å²) in [6.07, 6.45) is 0. The summed E-state index contributed by atoms with van der Waals surface area (Å²) in [6, 6.07) is 24.1. The molecule has 0 aliphatic carbocycles. The summed E-state index contributed by atoms with van der Waals surface area (Å²) in [5, 5.41) is 7.72. The summed E-state index contributed by atoms with van der Waals surface area (Å²) in [7, 11) is 1.59. The fourth-order valence-corrected chi connectivity index (χ4v) is 4.98. The number of aromatic nitrogens is 2. The molecule has 0 radical (unpaired) electrons. The number of carbonyl (C=O) groups is 2. The molecule has 0 saturated carbocycles. The van der Waals surface area contributed by atoms with Gasteiger partial charge in [0.25, 0.3) is 5.91 Å². The summed E-state index contributed by atoms with van der Waals surface area (Å²) in [4.78, 5) is 29.5. The van der Waals surface area contributed by atoms with E-state index < -0.39 is 5.54 Å². The first-order chi connectivity index (χ1) is 18.5. The second kappa shape index (κ2) is 9.26. The summed E-state index contributed by atoms with van der Waals surface area (Å²) >= 11 is 0. The summed E-state index contributed by atoms with van der Waals surface area (Å²) in [5.74, 6) is 1.14. The smallest absolute Gasteiger partial charge is 0.277 e. The van der Waals surface area contributed by atoms with Crippen LogP contribution in [0.2, 0.25) is 0 Å². The van der Waals surface area contributed by atoms with Crippen LogP contribution < -0.4 is 24.4 Å². The first-order valence-corrected chi connectivity index (χ1v) is 12.3. The zero-order valence-electron chi connectivity index (χ0n) is 21.0. The molecule has 0 bridgehead atoms. The zero-order chi connectivity index (χ0) is 26.3. The second-order valence-corrected chi connectivity index (χ2v) is 9.38. The minimum Gasteiger partial charge on any atom is -0.496 e. The molecule has 1 aromatic heterocycles. The quantitative estimate of drug-likeness (QED) is 0.421. The number of ether oxygens (including phenoxy) is 3. The molecule has 2 aliphatic rings. The zero-order valence-corrected chi connectivity index (χ0v) is 21.0. The average Bonchev–Trinajstić information content (AvgIpc) is 3.59. The molecule has 3 aromatic carbocycles. The Kier molecular flexibility index (Phi) is 5.75. The van der Waals surface area contributed by atoms with Crippen molar-refractivity contribution in [1.82, 2.24) is 15.1 Å². The van der Waals surface area contributed by atoms with E-state index in [1.807, 2.05) is 54.6 Å². The molecule has 1 N–H and O–H groups in total. The number of methoxy groups -OCH3 is 1. The molecule has 9 nitrogen and oxygen atoms in total. The van der Waals surface area contributed by atoms with E-state index in [0.717, 1.165) is 11.1 Å². The fraction of sp³-hybridized carbons (Fsp3) is 0.207. The Balaban J connectivity index is 1.39. The van der Waals surface area contributed by atoms with Gasteiger partial charge < -0.3 is 19.5 Å². The number of benzene rings is 3. The molecule has 9 heteroatoms. The van der Waals surface area contributed by atoms with E-state index in [-0.39, 0.29) is 31.7 Å². The maximum absolute atomic E-state index is 14.0. The Morgan fingerprint density at radius 2 is 1.79 bits per heavy atom. The maximum atomic E-state index is 14.0. The van der Waals surface area contributed by atoms with Crippen molar-refractivity contribution >= 4 is 17.5 Å². The van der Waals surface area contributed by atoms with Gasteiger partial charge in [-0.25, -0.2) is 0 Å². The molecular formula is C29H26N4O5. The number of anilines is 1. The van der Waals surface area contributed by atoms with Crippen LogP contribution in [-0.4, -0.2) is 41.0 Å². The van der Waals surface area contributed by atoms with Gasteiger partial charge in [-0.15, -0.1) is 0 Å². The third-order valence-electron chi connectivity index (χ3n) is 6.96. The van der Waals surface area contributed by atoms with E-state index in [2.05, 4.69) is 5.32 Å². The fourth-order valence-electron chi connectivity index (χ4n) is 4.98. The predicted octanol–water partition coefficient (Wildman–Crippen LogP) is 4.02. The van der Waals surface area contributed by atoms with Crippen molar-refractivity contribution in [3.05, 3.63) is 90.1 Å². The second-order valence-electron chi connectivity index (χ2n) is 9.38. The number of fused-ring (bicyclic) bond motifs is 2. The Hall–Kier alpha value is -4.79. The predicted molar refractivity (Wildman–Crippen MR) is 140 cm³/mol. The van der Waals surface area contributed by atoms with Crippen LogP contribution in [0.3, 0.4) is 0 Å². The van der Waals surface area contributed by atoms with Crippen LogP contribution >= 0.6 is 0 Å². The largest absolute Gasteiger partial charge is 0.496 e. The van der Waals surface area contributed by atoms with Crippen LogP contribution in [0.1, 0.15) is 23.0 Å². The normalized spacial score (nSPS) is 17.7. The van der Waals surface area contributed by atoms with Crippen LogP contribution in [0.5, 0.6) is 17.2 Å². The van der Waals surface area contributed by atoms with Gasteiger partial charge in [-0.2, -0.15) is 5.10 Å². The van der Waals surface area contributed by atoms with Gasteiger partial charge in [0.2, 0.25) is 12.7 Å². The highest BCUT2D eigenvalue weighted by Crippen LogP contribution is 2.40. The Bertz CT molecular complexity index is 1530. The number of hydrogen-bond acceptors (Lipinski definition) is 6. The maximum Gasteiger partial charge on any atom is 0.277 e. The number of hydrogen-bond donors (Lipinski definition) is 1. The Morgan fingerprint density at radius 3 is 2.61 bits per heavy atom. The van der Waals surface area contributed by atoms with E-state index in [1.165, 1.54) is 4.90 Å². The number of nitrogens with one attached hydrogen (secondary N) is 1. The minimum absolute atomic E-state index is 0.108. The SMILES string of the molecule is COc1ccccc1CNC(=O)[C@]1(C)Cn2nc(-c3ccccc3)cc2C(=O)N1c1ccc2c(c1)OCO2. The van der Waals surface area contributed by atoms with Crippen molar-refractivity contribution in [2.45, 2.75) is 25.6 Å². The van der Waals surface area contributed by atoms with Crippen LogP contribution in [0.4, 0.5) is 5.69 Å². The lowest BCUT2D eigenvalue weighted by molar-refractivity contribution is -0.126. The van der Waals surface area contributed by atoms with E-state index >= 15 is 0 Å². The molecule has 1 atom stereocenters. The average molecular weight is 511 g/mol. The molecule has 0 saturated heterocycles. The molecule has 2 aliphatic heterocycles. The number of para-hydroxylation sites is 1. The summed E-state index contributed by atoms with van der Waals surface area (Å²) in [5.41, 5.74) is 2.02. The first kappa shape index (κ1) is 23.6. The van der Waals surface area contributed by atoms with Crippen LogP contribution in [-0.2, 0) is 17.9 Å². The van der Waals surface area contributed by atoms with Crippen molar-refractivity contribution in [2.75, 3.05) is 18.8 Å². The van der Waals surface area contributed by atoms with Gasteiger partial charge in [-0.3, -0.25) is 19.2 Å². The summed E-state index contributed by atoms with van der Waals surface area (Å²) < 4.78 is 18.1. The highest BCUT2D eigenvalue weighted by atomic mass is 16.7. The molecule has 2 amide bonds. The van der Waals surface area contributed by atoms with Crippen LogP contribution in [0.15, 0.2) is 78.9 Å². The van der Waals surface area contributed by atoms with Gasteiger partial charge in [-0.1, -0.05) is 48.5 Å². The van der Waals surface area contributed by atoms with Crippen molar-refractivity contribution in [3.63, 3.8) is 0 Å². The molecule has 192 valence electrons. The van der Waals surface area contributed by atoms with Gasteiger partial charge in [-0.05, 0) is 31.2 Å². The van der Waals surface area contributed by atoms with Gasteiger partial charge in [0.1, 0.15) is 17.0 Å². The van der Waals surface area contributed by atoms with Crippen molar-refractivity contribution < 1.29 is 23.8 Å². The van der Waals surface area contributed by atoms with Crippen molar-refractivity contribution in [3.8, 4) is 28.5 Å². The number of nitrogens with zero attached hydrogens (tertiary/aromatic N) is 3. The lowest BCUT2D eigenvalue weighted by atomic mass is 9.93. The third kappa shape index (κ3) is 3.92. The molecule has 0 unspecified atom stereocenters. The standard InChI is InChI=1S/C29H26N4O5/c1-29(28(35)30-16-20-10-6-7-11-24(20)36-2)17-32-23(15-22(31-32)19-8-4-3-5-9-19)27(34)33(29)21-12-13-25-26(14-21)38-18-37-25/h3-15H,16-18H2,1-2H3,(H,30,35)/t29-/m0/s1. The molecule has 0 spiro atoms. The van der Waals surface area contributed by atoms with Gasteiger partial charge in [0.15, 0.2) is 11.5 Å². The Morgan fingerprint density at radius 1 is 1.03 bits per heavy atom. The molecule has 3 heterocycles. The molecule has 38 heavy (non-hydrogen) atoms. The highest BCUT2D eigenvalue weighted by Gasteiger charge is 2.49. The van der Waals surface area contributed by atoms with Crippen molar-refractivity contribution in [2.24, 2.45) is 0 Å². The van der Waals surface area contributed by atoms with Gasteiger partial charge >= 0.3 is 0 Å². The molecular weight excluding hydrogens is 484 g/mol. The van der Waals surface area contributed by atoms with E-state index in [1.54, 1.807) is 43.0 Å². The van der Waals surface area contributed by atoms with Crippen LogP contribution in [0.25, 0.3) is 11.3 Å². The lowest BCUT2D eigenvalue weighted by Gasteiger charge is -2.43. The van der Waals surface area contributed by atoms with Gasteiger partial charge in [0, 0.05) is 29.4 Å². The topological polar surface area (TPSA) is 94.9 Å². The first-order valence-electron chi connectivity index (χ1n) is 12.3. The third-order valence-corrected chi connectivity index (χ3v) is 6.96. The Labute approximate surface area is 219 Å². The van der Waals surface area contributed by atoms with E-state index in [4.69, 9.17) is 19.3 Å². The van der Waals surface area contributed by atoms with Gasteiger partial charge in [0.05, 0.1) is 19.3 Å². The molecule has 4 aromatic rings. The van der Waals surface area contributed by atoms with Crippen LogP contribution in [0, 0.1) is 0 Å². The number of carbonyl (C=O) groups excluding carboxylic acids is 2.